The Morgan fingerprint density at radius 2 is 2.14 bits per heavy atom. The van der Waals surface area contributed by atoms with Gasteiger partial charge in [0.2, 0.25) is 5.91 Å². The lowest BCUT2D eigenvalue weighted by Gasteiger charge is -2.41. The minimum atomic E-state index is -0.537. The van der Waals surface area contributed by atoms with Crippen molar-refractivity contribution in [1.82, 2.24) is 15.2 Å². The van der Waals surface area contributed by atoms with Gasteiger partial charge < -0.3 is 15.5 Å². The lowest BCUT2D eigenvalue weighted by molar-refractivity contribution is -0.129. The molecule has 1 saturated carbocycles. The number of halogens is 2. The molecule has 2 aliphatic rings. The molecule has 1 unspecified atom stereocenters. The Hall–Kier alpha value is -2.67. The van der Waals surface area contributed by atoms with Gasteiger partial charge in [-0.3, -0.25) is 9.78 Å². The first-order valence-corrected chi connectivity index (χ1v) is 10.0. The lowest BCUT2D eigenvalue weighted by Crippen LogP contribution is -2.45. The van der Waals surface area contributed by atoms with Gasteiger partial charge in [-0.05, 0) is 42.7 Å². The highest BCUT2D eigenvalue weighted by atomic mass is 35.5. The fourth-order valence-corrected chi connectivity index (χ4v) is 4.39. The maximum Gasteiger partial charge on any atom is 0.321 e. The maximum absolute atomic E-state index is 13.3. The van der Waals surface area contributed by atoms with Gasteiger partial charge in [-0.2, -0.15) is 0 Å². The third kappa shape index (κ3) is 4.05. The van der Waals surface area contributed by atoms with E-state index in [0.717, 1.165) is 24.8 Å². The Kier molecular flexibility index (Phi) is 5.41. The Balaban J connectivity index is 1.41. The van der Waals surface area contributed by atoms with Crippen LogP contribution in [-0.2, 0) is 11.3 Å². The molecule has 1 aliphatic heterocycles. The van der Waals surface area contributed by atoms with Crippen LogP contribution in [0.5, 0.6) is 0 Å². The summed E-state index contributed by atoms with van der Waals surface area (Å²) in [6, 6.07) is 7.49. The number of carbonyl (C=O) groups excluding carboxylic acids is 2. The van der Waals surface area contributed by atoms with Crippen LogP contribution < -0.4 is 10.6 Å². The molecule has 0 bridgehead atoms. The molecular formula is C21H22ClFN4O2. The zero-order valence-electron chi connectivity index (χ0n) is 15.8. The average molecular weight is 417 g/mol. The molecule has 1 aliphatic carbocycles. The third-order valence-electron chi connectivity index (χ3n) is 5.96. The first kappa shape index (κ1) is 19.6. The quantitative estimate of drug-likeness (QED) is 0.795. The summed E-state index contributed by atoms with van der Waals surface area (Å²) in [5.74, 6) is -0.811. The highest BCUT2D eigenvalue weighted by molar-refractivity contribution is 6.31. The van der Waals surface area contributed by atoms with Crippen molar-refractivity contribution in [1.29, 1.82) is 0 Å². The number of carbonyl (C=O) groups is 2. The largest absolute Gasteiger partial charge is 0.352 e. The van der Waals surface area contributed by atoms with E-state index in [2.05, 4.69) is 15.6 Å². The molecule has 29 heavy (non-hydrogen) atoms. The molecule has 3 amide bonds. The molecule has 2 aromatic rings. The number of anilines is 1. The first-order chi connectivity index (χ1) is 14.0. The van der Waals surface area contributed by atoms with E-state index >= 15 is 0 Å². The number of amides is 3. The van der Waals surface area contributed by atoms with Crippen LogP contribution in [-0.4, -0.2) is 34.9 Å². The highest BCUT2D eigenvalue weighted by Gasteiger charge is 2.54. The standard InChI is InChI=1S/C21H22ClFN4O2/c22-17-9-15(4-5-18(17)23)26-20(29)27-12-16(21(13-27)6-2-7-21)19(28)25-11-14-3-1-8-24-10-14/h1,3-5,8-10,16H,2,6-7,11-13H2,(H,25,28)(H,26,29). The molecule has 152 valence electrons. The lowest BCUT2D eigenvalue weighted by atomic mass is 9.62. The van der Waals surface area contributed by atoms with Crippen LogP contribution in [0, 0.1) is 17.2 Å². The van der Waals surface area contributed by atoms with Crippen molar-refractivity contribution in [2.45, 2.75) is 25.8 Å². The van der Waals surface area contributed by atoms with E-state index in [1.165, 1.54) is 18.2 Å². The number of hydrogen-bond acceptors (Lipinski definition) is 3. The van der Waals surface area contributed by atoms with E-state index in [0.29, 0.717) is 25.3 Å². The number of likely N-dealkylation sites (tertiary alicyclic amines) is 1. The van der Waals surface area contributed by atoms with Crippen molar-refractivity contribution < 1.29 is 14.0 Å². The van der Waals surface area contributed by atoms with Crippen LogP contribution in [0.3, 0.4) is 0 Å². The summed E-state index contributed by atoms with van der Waals surface area (Å²) in [5, 5.41) is 5.69. The Morgan fingerprint density at radius 3 is 2.79 bits per heavy atom. The number of pyridine rings is 1. The second kappa shape index (κ2) is 7.99. The second-order valence-electron chi connectivity index (χ2n) is 7.79. The van der Waals surface area contributed by atoms with Gasteiger partial charge in [-0.25, -0.2) is 9.18 Å². The third-order valence-corrected chi connectivity index (χ3v) is 6.25. The van der Waals surface area contributed by atoms with Gasteiger partial charge in [-0.15, -0.1) is 0 Å². The van der Waals surface area contributed by atoms with Crippen molar-refractivity contribution in [3.63, 3.8) is 0 Å². The monoisotopic (exact) mass is 416 g/mol. The molecule has 4 rings (SSSR count). The smallest absolute Gasteiger partial charge is 0.321 e. The van der Waals surface area contributed by atoms with Crippen LogP contribution >= 0.6 is 11.6 Å². The summed E-state index contributed by atoms with van der Waals surface area (Å²) in [5.41, 5.74) is 1.20. The number of urea groups is 1. The van der Waals surface area contributed by atoms with E-state index < -0.39 is 5.82 Å². The Morgan fingerprint density at radius 1 is 1.31 bits per heavy atom. The minimum absolute atomic E-state index is 0.0336. The zero-order valence-corrected chi connectivity index (χ0v) is 16.6. The minimum Gasteiger partial charge on any atom is -0.352 e. The fourth-order valence-electron chi connectivity index (χ4n) is 4.21. The average Bonchev–Trinajstić information content (AvgIpc) is 3.12. The molecule has 1 aromatic carbocycles. The molecule has 8 heteroatoms. The van der Waals surface area contributed by atoms with Gasteiger partial charge in [0.15, 0.2) is 0 Å². The number of nitrogens with zero attached hydrogens (tertiary/aromatic N) is 2. The topological polar surface area (TPSA) is 74.3 Å². The van der Waals surface area contributed by atoms with Gasteiger partial charge in [0, 0.05) is 43.1 Å². The molecular weight excluding hydrogens is 395 g/mol. The number of nitrogens with one attached hydrogen (secondary N) is 2. The van der Waals surface area contributed by atoms with E-state index in [9.17, 15) is 14.0 Å². The van der Waals surface area contributed by atoms with Crippen molar-refractivity contribution in [3.8, 4) is 0 Å². The summed E-state index contributed by atoms with van der Waals surface area (Å²) in [7, 11) is 0. The van der Waals surface area contributed by atoms with Gasteiger partial charge in [0.05, 0.1) is 10.9 Å². The Bertz CT molecular complexity index is 920. The van der Waals surface area contributed by atoms with E-state index in [1.807, 2.05) is 12.1 Å². The van der Waals surface area contributed by atoms with E-state index in [-0.39, 0.29) is 28.3 Å². The zero-order chi connectivity index (χ0) is 20.4. The summed E-state index contributed by atoms with van der Waals surface area (Å²) in [6.07, 6.45) is 6.35. The number of aromatic nitrogens is 1. The maximum atomic E-state index is 13.3. The molecule has 0 radical (unpaired) electrons. The Labute approximate surface area is 173 Å². The predicted octanol–water partition coefficient (Wildman–Crippen LogP) is 3.82. The molecule has 1 spiro atoms. The molecule has 2 N–H and O–H groups in total. The SMILES string of the molecule is O=C(NCc1cccnc1)C1CN(C(=O)Nc2ccc(F)c(Cl)c2)CC12CCC2. The van der Waals surface area contributed by atoms with Gasteiger partial charge in [0.25, 0.3) is 0 Å². The number of benzene rings is 1. The van der Waals surface area contributed by atoms with Crippen LogP contribution in [0.15, 0.2) is 42.7 Å². The van der Waals surface area contributed by atoms with Crippen LogP contribution in [0.4, 0.5) is 14.9 Å². The van der Waals surface area contributed by atoms with Crippen molar-refractivity contribution >= 4 is 29.2 Å². The van der Waals surface area contributed by atoms with Gasteiger partial charge >= 0.3 is 6.03 Å². The summed E-state index contributed by atoms with van der Waals surface area (Å²) in [4.78, 5) is 31.3. The van der Waals surface area contributed by atoms with Crippen molar-refractivity contribution in [3.05, 3.63) is 59.1 Å². The first-order valence-electron chi connectivity index (χ1n) is 9.64. The van der Waals surface area contributed by atoms with Gasteiger partial charge in [-0.1, -0.05) is 24.1 Å². The molecule has 6 nitrogen and oxygen atoms in total. The van der Waals surface area contributed by atoms with E-state index in [4.69, 9.17) is 11.6 Å². The highest BCUT2D eigenvalue weighted by Crippen LogP contribution is 2.51. The molecule has 2 heterocycles. The molecule has 2 fully saturated rings. The van der Waals surface area contributed by atoms with Crippen molar-refractivity contribution in [2.24, 2.45) is 11.3 Å². The molecule has 1 aromatic heterocycles. The summed E-state index contributed by atoms with van der Waals surface area (Å²) < 4.78 is 13.3. The van der Waals surface area contributed by atoms with Crippen molar-refractivity contribution in [2.75, 3.05) is 18.4 Å². The summed E-state index contributed by atoms with van der Waals surface area (Å²) in [6.45, 7) is 1.32. The normalized spacial score (nSPS) is 19.7. The number of hydrogen-bond donors (Lipinski definition) is 2. The second-order valence-corrected chi connectivity index (χ2v) is 8.19. The molecule has 1 atom stereocenters. The number of rotatable bonds is 4. The molecule has 1 saturated heterocycles. The predicted molar refractivity (Wildman–Crippen MR) is 108 cm³/mol. The fraction of sp³-hybridized carbons (Fsp3) is 0.381. The van der Waals surface area contributed by atoms with Crippen LogP contribution in [0.1, 0.15) is 24.8 Å². The van der Waals surface area contributed by atoms with Gasteiger partial charge in [0.1, 0.15) is 5.82 Å². The van der Waals surface area contributed by atoms with Crippen LogP contribution in [0.25, 0.3) is 0 Å². The van der Waals surface area contributed by atoms with E-state index in [1.54, 1.807) is 17.3 Å². The van der Waals surface area contributed by atoms with Crippen LogP contribution in [0.2, 0.25) is 5.02 Å². The summed E-state index contributed by atoms with van der Waals surface area (Å²) >= 11 is 5.79.